The van der Waals surface area contributed by atoms with E-state index in [4.69, 9.17) is 21.1 Å². The molecule has 1 atom stereocenters. The fraction of sp³-hybridized carbons (Fsp3) is 0.900. The number of carbonyl (C=O) groups excluding carboxylic acids is 1. The molecule has 0 heterocycles. The molecule has 0 fully saturated rings. The Morgan fingerprint density at radius 2 is 2.00 bits per heavy atom. The second-order valence-electron chi connectivity index (χ2n) is 3.12. The Morgan fingerprint density at radius 1 is 1.29 bits per heavy atom. The molecule has 0 spiro atoms. The first-order valence-corrected chi connectivity index (χ1v) is 5.61. The summed E-state index contributed by atoms with van der Waals surface area (Å²) < 4.78 is 9.53. The number of alkyl halides is 1. The summed E-state index contributed by atoms with van der Waals surface area (Å²) >= 11 is 5.77. The molecule has 0 rings (SSSR count). The van der Waals surface area contributed by atoms with Gasteiger partial charge in [0.15, 0.2) is 5.56 Å². The van der Waals surface area contributed by atoms with Gasteiger partial charge in [-0.25, -0.2) is 4.79 Å². The monoisotopic (exact) mass is 222 g/mol. The molecule has 0 aliphatic rings. The fourth-order valence-electron chi connectivity index (χ4n) is 0.938. The third-order valence-corrected chi connectivity index (χ3v) is 1.99. The average Bonchev–Trinajstić information content (AvgIpc) is 2.15. The van der Waals surface area contributed by atoms with E-state index in [2.05, 4.69) is 6.92 Å². The number of ether oxygens (including phenoxy) is 2. The Kier molecular flexibility index (Phi) is 8.84. The molecule has 0 amide bonds. The molecule has 84 valence electrons. The Labute approximate surface area is 90.7 Å². The topological polar surface area (TPSA) is 35.5 Å². The molecule has 0 aromatic rings. The van der Waals surface area contributed by atoms with E-state index in [1.165, 1.54) is 0 Å². The number of halogens is 1. The quantitative estimate of drug-likeness (QED) is 0.374. The minimum atomic E-state index is -0.664. The van der Waals surface area contributed by atoms with Crippen LogP contribution in [0.25, 0.3) is 0 Å². The summed E-state index contributed by atoms with van der Waals surface area (Å²) in [6, 6.07) is 0. The largest absolute Gasteiger partial charge is 0.509 e. The Hall–Kier alpha value is -0.440. The molecule has 0 saturated carbocycles. The lowest BCUT2D eigenvalue weighted by atomic mass is 10.2. The van der Waals surface area contributed by atoms with Gasteiger partial charge in [-0.3, -0.25) is 0 Å². The molecule has 0 aromatic heterocycles. The highest BCUT2D eigenvalue weighted by atomic mass is 35.5. The van der Waals surface area contributed by atoms with Gasteiger partial charge in [-0.2, -0.15) is 0 Å². The van der Waals surface area contributed by atoms with Gasteiger partial charge >= 0.3 is 6.16 Å². The molecule has 0 N–H and O–H groups in total. The minimum absolute atomic E-state index is 0.386. The molecule has 14 heavy (non-hydrogen) atoms. The maximum absolute atomic E-state index is 10.9. The molecular weight excluding hydrogens is 204 g/mol. The van der Waals surface area contributed by atoms with Crippen molar-refractivity contribution in [3.63, 3.8) is 0 Å². The predicted octanol–water partition coefficient (Wildman–Crippen LogP) is 3.69. The highest BCUT2D eigenvalue weighted by molar-refractivity contribution is 6.20. The van der Waals surface area contributed by atoms with Crippen LogP contribution in [0, 0.1) is 0 Å². The first-order chi connectivity index (χ1) is 6.70. The molecule has 3 nitrogen and oxygen atoms in total. The first-order valence-electron chi connectivity index (χ1n) is 5.18. The SMILES string of the molecule is CCCCCC(Cl)OC(=O)OCCC. The summed E-state index contributed by atoms with van der Waals surface area (Å²) in [5, 5.41) is 0. The Morgan fingerprint density at radius 3 is 2.57 bits per heavy atom. The number of hydrogen-bond donors (Lipinski definition) is 0. The lowest BCUT2D eigenvalue weighted by Crippen LogP contribution is -2.14. The van der Waals surface area contributed by atoms with Gasteiger partial charge in [-0.05, 0) is 19.3 Å². The normalized spacial score (nSPS) is 12.2. The number of hydrogen-bond acceptors (Lipinski definition) is 3. The van der Waals surface area contributed by atoms with Gasteiger partial charge in [-0.15, -0.1) is 0 Å². The molecule has 0 radical (unpaired) electrons. The van der Waals surface area contributed by atoms with Crippen LogP contribution in [0.1, 0.15) is 46.0 Å². The van der Waals surface area contributed by atoms with Crippen LogP contribution < -0.4 is 0 Å². The van der Waals surface area contributed by atoms with Gasteiger partial charge in [0.05, 0.1) is 6.61 Å². The zero-order chi connectivity index (χ0) is 10.8. The van der Waals surface area contributed by atoms with Crippen molar-refractivity contribution in [2.75, 3.05) is 6.61 Å². The van der Waals surface area contributed by atoms with Crippen molar-refractivity contribution in [1.82, 2.24) is 0 Å². The molecule has 0 aliphatic heterocycles. The van der Waals surface area contributed by atoms with Crippen molar-refractivity contribution in [2.45, 2.75) is 51.5 Å². The predicted molar refractivity (Wildman–Crippen MR) is 56.5 cm³/mol. The number of rotatable bonds is 7. The van der Waals surface area contributed by atoms with Gasteiger partial charge in [0.1, 0.15) is 0 Å². The molecule has 0 bridgehead atoms. The fourth-order valence-corrected chi connectivity index (χ4v) is 1.16. The van der Waals surface area contributed by atoms with Gasteiger partial charge in [-0.1, -0.05) is 38.3 Å². The molecule has 0 saturated heterocycles. The second-order valence-corrected chi connectivity index (χ2v) is 3.61. The Balaban J connectivity index is 3.40. The third kappa shape index (κ3) is 8.17. The number of unbranched alkanes of at least 4 members (excludes halogenated alkanes) is 2. The summed E-state index contributed by atoms with van der Waals surface area (Å²) in [6.07, 6.45) is 4.03. The van der Waals surface area contributed by atoms with Crippen LogP contribution in [-0.4, -0.2) is 18.3 Å². The minimum Gasteiger partial charge on any atom is -0.434 e. The summed E-state index contributed by atoms with van der Waals surface area (Å²) in [7, 11) is 0. The van der Waals surface area contributed by atoms with Crippen LogP contribution in [0.2, 0.25) is 0 Å². The smallest absolute Gasteiger partial charge is 0.434 e. The highest BCUT2D eigenvalue weighted by Gasteiger charge is 2.11. The van der Waals surface area contributed by atoms with Crippen molar-refractivity contribution >= 4 is 17.8 Å². The van der Waals surface area contributed by atoms with E-state index in [0.717, 1.165) is 25.7 Å². The van der Waals surface area contributed by atoms with Crippen LogP contribution in [0.4, 0.5) is 4.79 Å². The zero-order valence-corrected chi connectivity index (χ0v) is 9.68. The van der Waals surface area contributed by atoms with Gasteiger partial charge in [0.2, 0.25) is 0 Å². The molecular formula is C10H19ClO3. The third-order valence-electron chi connectivity index (χ3n) is 1.68. The summed E-state index contributed by atoms with van der Waals surface area (Å²) in [5.74, 6) is 0. The van der Waals surface area contributed by atoms with Crippen molar-refractivity contribution in [1.29, 1.82) is 0 Å². The van der Waals surface area contributed by atoms with Crippen LogP contribution in [0.15, 0.2) is 0 Å². The van der Waals surface area contributed by atoms with E-state index in [9.17, 15) is 4.79 Å². The van der Waals surface area contributed by atoms with Crippen molar-refractivity contribution in [2.24, 2.45) is 0 Å². The van der Waals surface area contributed by atoms with Gasteiger partial charge in [0.25, 0.3) is 0 Å². The van der Waals surface area contributed by atoms with Crippen LogP contribution in [-0.2, 0) is 9.47 Å². The van der Waals surface area contributed by atoms with Crippen LogP contribution >= 0.6 is 11.6 Å². The van der Waals surface area contributed by atoms with E-state index >= 15 is 0 Å². The lowest BCUT2D eigenvalue weighted by Gasteiger charge is -2.10. The van der Waals surface area contributed by atoms with Crippen LogP contribution in [0.3, 0.4) is 0 Å². The maximum atomic E-state index is 10.9. The number of carbonyl (C=O) groups is 1. The van der Waals surface area contributed by atoms with E-state index in [0.29, 0.717) is 13.0 Å². The van der Waals surface area contributed by atoms with Crippen molar-refractivity contribution < 1.29 is 14.3 Å². The molecule has 1 unspecified atom stereocenters. The van der Waals surface area contributed by atoms with Gasteiger partial charge in [0, 0.05) is 0 Å². The summed E-state index contributed by atoms with van der Waals surface area (Å²) in [4.78, 5) is 10.9. The van der Waals surface area contributed by atoms with E-state index < -0.39 is 11.7 Å². The lowest BCUT2D eigenvalue weighted by molar-refractivity contribution is 0.0435. The molecule has 0 aromatic carbocycles. The zero-order valence-electron chi connectivity index (χ0n) is 8.92. The summed E-state index contributed by atoms with van der Waals surface area (Å²) in [6.45, 7) is 4.42. The molecule has 0 aliphatic carbocycles. The van der Waals surface area contributed by atoms with E-state index in [1.54, 1.807) is 0 Å². The second kappa shape index (κ2) is 9.13. The van der Waals surface area contributed by atoms with E-state index in [-0.39, 0.29) is 0 Å². The Bertz CT molecular complexity index is 150. The van der Waals surface area contributed by atoms with Crippen molar-refractivity contribution in [3.8, 4) is 0 Å². The standard InChI is InChI=1S/C10H19ClO3/c1-3-5-6-7-9(11)14-10(12)13-8-4-2/h9H,3-8H2,1-2H3. The van der Waals surface area contributed by atoms with E-state index in [1.807, 2.05) is 6.92 Å². The van der Waals surface area contributed by atoms with Gasteiger partial charge < -0.3 is 9.47 Å². The first kappa shape index (κ1) is 13.6. The highest BCUT2D eigenvalue weighted by Crippen LogP contribution is 2.11. The summed E-state index contributed by atoms with van der Waals surface area (Å²) in [5.41, 5.74) is -0.550. The average molecular weight is 223 g/mol. The maximum Gasteiger partial charge on any atom is 0.509 e. The van der Waals surface area contributed by atoms with Crippen molar-refractivity contribution in [3.05, 3.63) is 0 Å². The molecule has 4 heteroatoms. The van der Waals surface area contributed by atoms with Crippen LogP contribution in [0.5, 0.6) is 0 Å².